The fourth-order valence-corrected chi connectivity index (χ4v) is 4.05. The number of hydrogen-bond acceptors (Lipinski definition) is 3. The smallest absolute Gasteiger partial charge is 0.191 e. The zero-order valence-corrected chi connectivity index (χ0v) is 19.6. The van der Waals surface area contributed by atoms with Gasteiger partial charge in [-0.15, -0.1) is 24.0 Å². The van der Waals surface area contributed by atoms with E-state index < -0.39 is 0 Å². The Morgan fingerprint density at radius 1 is 0.821 bits per heavy atom. The Kier molecular flexibility index (Phi) is 11.2. The molecule has 0 radical (unpaired) electrons. The number of unbranched alkanes of at least 4 members (excludes halogenated alkanes) is 1. The number of halogens is 1. The van der Waals surface area contributed by atoms with Gasteiger partial charge in [-0.05, 0) is 37.8 Å². The van der Waals surface area contributed by atoms with E-state index in [-0.39, 0.29) is 24.0 Å². The number of likely N-dealkylation sites (tertiary alicyclic amines) is 1. The van der Waals surface area contributed by atoms with Crippen molar-refractivity contribution in [2.24, 2.45) is 10.7 Å². The number of nitrogens with zero attached hydrogens (tertiary/aromatic N) is 4. The van der Waals surface area contributed by atoms with Crippen molar-refractivity contribution in [2.75, 3.05) is 52.4 Å². The van der Waals surface area contributed by atoms with E-state index in [9.17, 15) is 0 Å². The quantitative estimate of drug-likeness (QED) is 0.271. The number of guanidine groups is 1. The minimum Gasteiger partial charge on any atom is -0.370 e. The third kappa shape index (κ3) is 8.25. The van der Waals surface area contributed by atoms with Crippen LogP contribution in [0, 0.1) is 0 Å². The number of benzene rings is 1. The molecule has 6 heteroatoms. The summed E-state index contributed by atoms with van der Waals surface area (Å²) in [5.74, 6) is 0.770. The SMILES string of the molecule is I.NC(=NCCCCN1CCN(Cc2ccccc2)CC1)N1CCCCCC1. The van der Waals surface area contributed by atoms with Gasteiger partial charge in [-0.1, -0.05) is 43.2 Å². The van der Waals surface area contributed by atoms with E-state index in [2.05, 4.69) is 50.0 Å². The topological polar surface area (TPSA) is 48.1 Å². The van der Waals surface area contributed by atoms with Gasteiger partial charge in [0.2, 0.25) is 0 Å². The van der Waals surface area contributed by atoms with Gasteiger partial charge in [-0.25, -0.2) is 0 Å². The lowest BCUT2D eigenvalue weighted by molar-refractivity contribution is 0.126. The lowest BCUT2D eigenvalue weighted by atomic mass is 10.2. The zero-order chi connectivity index (χ0) is 18.7. The van der Waals surface area contributed by atoms with Crippen molar-refractivity contribution in [3.05, 3.63) is 35.9 Å². The molecule has 2 saturated heterocycles. The summed E-state index contributed by atoms with van der Waals surface area (Å²) in [4.78, 5) is 12.1. The molecular weight excluding hydrogens is 461 g/mol. The fourth-order valence-electron chi connectivity index (χ4n) is 4.05. The van der Waals surface area contributed by atoms with Crippen LogP contribution in [-0.4, -0.2) is 73.0 Å². The Morgan fingerprint density at radius 2 is 1.46 bits per heavy atom. The standard InChI is InChI=1S/C22H37N5.HI/c23-22(27-14-7-1-2-8-15-27)24-12-6-9-13-25-16-18-26(19-17-25)20-21-10-4-3-5-11-21;/h3-5,10-11H,1-2,6-9,12-20H2,(H2,23,24);1H. The van der Waals surface area contributed by atoms with Crippen LogP contribution in [0.25, 0.3) is 0 Å². The normalized spacial score (nSPS) is 19.9. The molecule has 0 unspecified atom stereocenters. The summed E-state index contributed by atoms with van der Waals surface area (Å²) in [7, 11) is 0. The van der Waals surface area contributed by atoms with Crippen molar-refractivity contribution in [2.45, 2.75) is 45.1 Å². The highest BCUT2D eigenvalue weighted by atomic mass is 127. The van der Waals surface area contributed by atoms with Crippen LogP contribution in [0.4, 0.5) is 0 Å². The first-order valence-corrected chi connectivity index (χ1v) is 10.8. The number of aliphatic imine (C=N–C) groups is 1. The fraction of sp³-hybridized carbons (Fsp3) is 0.682. The average Bonchev–Trinajstić information content (AvgIpc) is 2.99. The van der Waals surface area contributed by atoms with Crippen molar-refractivity contribution in [3.63, 3.8) is 0 Å². The van der Waals surface area contributed by atoms with Crippen LogP contribution >= 0.6 is 24.0 Å². The van der Waals surface area contributed by atoms with Crippen molar-refractivity contribution < 1.29 is 0 Å². The highest BCUT2D eigenvalue weighted by molar-refractivity contribution is 14.0. The molecule has 2 N–H and O–H groups in total. The van der Waals surface area contributed by atoms with E-state index >= 15 is 0 Å². The van der Waals surface area contributed by atoms with Gasteiger partial charge in [0.25, 0.3) is 0 Å². The van der Waals surface area contributed by atoms with Gasteiger partial charge >= 0.3 is 0 Å². The van der Waals surface area contributed by atoms with Gasteiger partial charge in [-0.3, -0.25) is 9.89 Å². The lowest BCUT2D eigenvalue weighted by Crippen LogP contribution is -2.46. The van der Waals surface area contributed by atoms with E-state index in [4.69, 9.17) is 5.73 Å². The van der Waals surface area contributed by atoms with Crippen LogP contribution in [0.15, 0.2) is 35.3 Å². The van der Waals surface area contributed by atoms with Crippen LogP contribution in [0.5, 0.6) is 0 Å². The zero-order valence-electron chi connectivity index (χ0n) is 17.3. The summed E-state index contributed by atoms with van der Waals surface area (Å²) >= 11 is 0. The second kappa shape index (κ2) is 13.4. The van der Waals surface area contributed by atoms with Crippen LogP contribution in [0.3, 0.4) is 0 Å². The molecule has 2 aliphatic rings. The van der Waals surface area contributed by atoms with Crippen LogP contribution < -0.4 is 5.73 Å². The van der Waals surface area contributed by atoms with Gasteiger partial charge in [0.05, 0.1) is 0 Å². The monoisotopic (exact) mass is 499 g/mol. The molecule has 3 rings (SSSR count). The Balaban J connectivity index is 0.00000280. The highest BCUT2D eigenvalue weighted by Gasteiger charge is 2.16. The molecule has 1 aromatic rings. The van der Waals surface area contributed by atoms with Crippen molar-refractivity contribution in [3.8, 4) is 0 Å². The Labute approximate surface area is 188 Å². The molecule has 0 spiro atoms. The molecule has 0 bridgehead atoms. The molecule has 0 amide bonds. The third-order valence-corrected chi connectivity index (χ3v) is 5.80. The Morgan fingerprint density at radius 3 is 2.14 bits per heavy atom. The molecule has 2 heterocycles. The first kappa shape index (κ1) is 23.4. The highest BCUT2D eigenvalue weighted by Crippen LogP contribution is 2.10. The lowest BCUT2D eigenvalue weighted by Gasteiger charge is -2.34. The predicted octanol–water partition coefficient (Wildman–Crippen LogP) is 3.39. The molecule has 0 saturated carbocycles. The van der Waals surface area contributed by atoms with E-state index in [0.717, 1.165) is 38.6 Å². The summed E-state index contributed by atoms with van der Waals surface area (Å²) in [6.45, 7) is 10.0. The molecular formula is C22H38IN5. The maximum atomic E-state index is 6.18. The first-order chi connectivity index (χ1) is 13.3. The molecule has 0 aromatic heterocycles. The number of rotatable bonds is 7. The van der Waals surface area contributed by atoms with Crippen LogP contribution in [0.1, 0.15) is 44.1 Å². The first-order valence-electron chi connectivity index (χ1n) is 10.8. The van der Waals surface area contributed by atoms with E-state index in [1.54, 1.807) is 0 Å². The van der Waals surface area contributed by atoms with E-state index in [1.165, 1.54) is 70.4 Å². The Hall–Kier alpha value is -0.860. The predicted molar refractivity (Wildman–Crippen MR) is 129 cm³/mol. The molecule has 0 aliphatic carbocycles. The van der Waals surface area contributed by atoms with Crippen molar-refractivity contribution in [1.82, 2.24) is 14.7 Å². The Bertz CT molecular complexity index is 549. The average molecular weight is 499 g/mol. The molecule has 1 aromatic carbocycles. The third-order valence-electron chi connectivity index (χ3n) is 5.80. The summed E-state index contributed by atoms with van der Waals surface area (Å²) in [5.41, 5.74) is 7.60. The summed E-state index contributed by atoms with van der Waals surface area (Å²) in [5, 5.41) is 0. The number of nitrogens with two attached hydrogens (primary N) is 1. The van der Waals surface area contributed by atoms with Gasteiger partial charge in [0.1, 0.15) is 0 Å². The van der Waals surface area contributed by atoms with E-state index in [1.807, 2.05) is 0 Å². The molecule has 28 heavy (non-hydrogen) atoms. The molecule has 0 atom stereocenters. The van der Waals surface area contributed by atoms with Gasteiger partial charge < -0.3 is 15.5 Å². The molecule has 5 nitrogen and oxygen atoms in total. The van der Waals surface area contributed by atoms with E-state index in [0.29, 0.717) is 0 Å². The maximum absolute atomic E-state index is 6.18. The summed E-state index contributed by atoms with van der Waals surface area (Å²) in [6, 6.07) is 10.8. The summed E-state index contributed by atoms with van der Waals surface area (Å²) < 4.78 is 0. The molecule has 158 valence electrons. The van der Waals surface area contributed by atoms with Crippen molar-refractivity contribution in [1.29, 1.82) is 0 Å². The van der Waals surface area contributed by atoms with Crippen LogP contribution in [0.2, 0.25) is 0 Å². The van der Waals surface area contributed by atoms with Gasteiger partial charge in [-0.2, -0.15) is 0 Å². The van der Waals surface area contributed by atoms with Gasteiger partial charge in [0.15, 0.2) is 5.96 Å². The minimum absolute atomic E-state index is 0. The second-order valence-corrected chi connectivity index (χ2v) is 7.95. The number of hydrogen-bond donors (Lipinski definition) is 1. The maximum Gasteiger partial charge on any atom is 0.191 e. The van der Waals surface area contributed by atoms with Crippen LogP contribution in [-0.2, 0) is 6.54 Å². The minimum atomic E-state index is 0. The summed E-state index contributed by atoms with van der Waals surface area (Å²) in [6.07, 6.45) is 7.54. The van der Waals surface area contributed by atoms with Gasteiger partial charge in [0, 0.05) is 52.4 Å². The molecule has 2 fully saturated rings. The largest absolute Gasteiger partial charge is 0.370 e. The molecule has 2 aliphatic heterocycles. The number of piperazine rings is 1. The second-order valence-electron chi connectivity index (χ2n) is 7.95. The van der Waals surface area contributed by atoms with Crippen molar-refractivity contribution >= 4 is 29.9 Å².